The molecule has 0 spiro atoms. The quantitative estimate of drug-likeness (QED) is 0.841. The Morgan fingerprint density at radius 2 is 2.13 bits per heavy atom. The minimum atomic E-state index is -0.552. The minimum absolute atomic E-state index is 0.234. The number of hydrogen-bond acceptors (Lipinski definition) is 5. The summed E-state index contributed by atoms with van der Waals surface area (Å²) in [5.74, 6) is -0.234. The summed E-state index contributed by atoms with van der Waals surface area (Å²) >= 11 is 0. The Bertz CT molecular complexity index is 678. The second kappa shape index (κ2) is 7.06. The summed E-state index contributed by atoms with van der Waals surface area (Å²) in [6.45, 7) is 2.92. The molecule has 3 rings (SSSR count). The zero-order valence-corrected chi connectivity index (χ0v) is 13.4. The Morgan fingerprint density at radius 1 is 1.35 bits per heavy atom. The summed E-state index contributed by atoms with van der Waals surface area (Å²) in [5, 5.41) is 12.9. The molecule has 0 saturated carbocycles. The van der Waals surface area contributed by atoms with Crippen molar-refractivity contribution in [3.05, 3.63) is 24.2 Å². The number of carbonyl (C=O) groups excluding carboxylic acids is 1. The van der Waals surface area contributed by atoms with Gasteiger partial charge in [0.2, 0.25) is 0 Å². The lowest BCUT2D eigenvalue weighted by Gasteiger charge is -2.28. The van der Waals surface area contributed by atoms with E-state index >= 15 is 0 Å². The van der Waals surface area contributed by atoms with Crippen LogP contribution in [0.2, 0.25) is 0 Å². The van der Waals surface area contributed by atoms with E-state index in [1.165, 1.54) is 25.5 Å². The molecule has 7 heteroatoms. The fourth-order valence-electron chi connectivity index (χ4n) is 2.96. The van der Waals surface area contributed by atoms with Crippen molar-refractivity contribution in [2.75, 3.05) is 26.2 Å². The number of piperidine rings is 1. The van der Waals surface area contributed by atoms with E-state index in [0.717, 1.165) is 18.7 Å². The van der Waals surface area contributed by atoms with Gasteiger partial charge in [0, 0.05) is 26.3 Å². The van der Waals surface area contributed by atoms with Crippen molar-refractivity contribution in [3.8, 4) is 0 Å². The minimum Gasteiger partial charge on any atom is -0.390 e. The van der Waals surface area contributed by atoms with E-state index in [0.29, 0.717) is 17.6 Å². The summed E-state index contributed by atoms with van der Waals surface area (Å²) in [4.78, 5) is 22.9. The van der Waals surface area contributed by atoms with E-state index in [1.54, 1.807) is 17.0 Å². The highest BCUT2D eigenvalue weighted by atomic mass is 16.3. The number of fused-ring (bicyclic) bond motifs is 1. The number of aromatic nitrogens is 3. The first kappa shape index (κ1) is 15.9. The molecule has 2 aromatic rings. The molecule has 0 bridgehead atoms. The molecule has 1 aliphatic rings. The van der Waals surface area contributed by atoms with Gasteiger partial charge in [-0.1, -0.05) is 6.42 Å². The van der Waals surface area contributed by atoms with Crippen LogP contribution in [0.25, 0.3) is 11.2 Å². The molecular formula is C16H23N5O2. The van der Waals surface area contributed by atoms with Gasteiger partial charge in [0.05, 0.1) is 18.0 Å². The van der Waals surface area contributed by atoms with E-state index in [4.69, 9.17) is 0 Å². The van der Waals surface area contributed by atoms with Crippen molar-refractivity contribution in [1.29, 1.82) is 0 Å². The van der Waals surface area contributed by atoms with E-state index in [1.807, 2.05) is 7.05 Å². The molecule has 23 heavy (non-hydrogen) atoms. The number of aryl methyl sites for hydroxylation is 1. The first-order chi connectivity index (χ1) is 11.1. The maximum atomic E-state index is 12.2. The molecule has 1 amide bonds. The first-order valence-electron chi connectivity index (χ1n) is 8.09. The van der Waals surface area contributed by atoms with Crippen LogP contribution in [0.3, 0.4) is 0 Å². The third-order valence-electron chi connectivity index (χ3n) is 4.23. The van der Waals surface area contributed by atoms with Gasteiger partial charge < -0.3 is 19.9 Å². The van der Waals surface area contributed by atoms with Crippen molar-refractivity contribution in [2.24, 2.45) is 7.05 Å². The van der Waals surface area contributed by atoms with E-state index in [9.17, 15) is 9.90 Å². The number of β-amino-alcohol motifs (C(OH)–C–C–N with tert-alkyl or cyclic N) is 1. The summed E-state index contributed by atoms with van der Waals surface area (Å²) < 4.78 is 1.80. The zero-order chi connectivity index (χ0) is 16.2. The highest BCUT2D eigenvalue weighted by Crippen LogP contribution is 2.11. The molecule has 1 saturated heterocycles. The lowest BCUT2D eigenvalue weighted by molar-refractivity contribution is 0.0830. The second-order valence-corrected chi connectivity index (χ2v) is 6.15. The highest BCUT2D eigenvalue weighted by Gasteiger charge is 2.16. The number of amides is 1. The number of imidazole rings is 1. The van der Waals surface area contributed by atoms with Crippen LogP contribution in [-0.4, -0.2) is 62.7 Å². The molecule has 0 radical (unpaired) electrons. The Morgan fingerprint density at radius 3 is 2.91 bits per heavy atom. The number of likely N-dealkylation sites (tertiary alicyclic amines) is 1. The number of nitrogens with zero attached hydrogens (tertiary/aromatic N) is 4. The third kappa shape index (κ3) is 3.86. The van der Waals surface area contributed by atoms with Gasteiger partial charge in [-0.15, -0.1) is 0 Å². The average Bonchev–Trinajstić information content (AvgIpc) is 2.94. The van der Waals surface area contributed by atoms with Gasteiger partial charge in [0.15, 0.2) is 5.65 Å². The van der Waals surface area contributed by atoms with Gasteiger partial charge >= 0.3 is 0 Å². The normalized spacial score (nSPS) is 17.3. The van der Waals surface area contributed by atoms with Crippen LogP contribution < -0.4 is 5.32 Å². The Balaban J connectivity index is 1.53. The zero-order valence-electron chi connectivity index (χ0n) is 13.4. The largest absolute Gasteiger partial charge is 0.390 e. The molecule has 7 nitrogen and oxygen atoms in total. The van der Waals surface area contributed by atoms with Crippen molar-refractivity contribution < 1.29 is 9.90 Å². The lowest BCUT2D eigenvalue weighted by Crippen LogP contribution is -2.42. The number of nitrogens with one attached hydrogen (secondary N) is 1. The standard InChI is InChI=1S/C16H23N5O2/c1-20-11-19-14-7-12(8-17-15(14)20)16(23)18-9-13(22)10-21-5-3-2-4-6-21/h7-8,11,13,22H,2-6,9-10H2,1H3,(H,18,23). The molecular weight excluding hydrogens is 294 g/mol. The van der Waals surface area contributed by atoms with Crippen LogP contribution in [0.1, 0.15) is 29.6 Å². The highest BCUT2D eigenvalue weighted by molar-refractivity contribution is 5.96. The van der Waals surface area contributed by atoms with Gasteiger partial charge in [-0.05, 0) is 32.0 Å². The lowest BCUT2D eigenvalue weighted by atomic mass is 10.1. The first-order valence-corrected chi connectivity index (χ1v) is 8.09. The summed E-state index contributed by atoms with van der Waals surface area (Å²) in [7, 11) is 1.86. The molecule has 0 aliphatic carbocycles. The molecule has 1 fully saturated rings. The van der Waals surface area contributed by atoms with Crippen LogP contribution in [0, 0.1) is 0 Å². The molecule has 1 unspecified atom stereocenters. The molecule has 1 atom stereocenters. The van der Waals surface area contributed by atoms with Gasteiger partial charge in [-0.25, -0.2) is 9.97 Å². The van der Waals surface area contributed by atoms with Crippen LogP contribution in [0.15, 0.2) is 18.6 Å². The smallest absolute Gasteiger partial charge is 0.253 e. The second-order valence-electron chi connectivity index (χ2n) is 6.15. The maximum absolute atomic E-state index is 12.2. The third-order valence-corrected chi connectivity index (χ3v) is 4.23. The fraction of sp³-hybridized carbons (Fsp3) is 0.562. The predicted molar refractivity (Wildman–Crippen MR) is 87.1 cm³/mol. The number of aliphatic hydroxyl groups is 1. The summed E-state index contributed by atoms with van der Waals surface area (Å²) in [6.07, 6.45) is 6.30. The summed E-state index contributed by atoms with van der Waals surface area (Å²) in [5.41, 5.74) is 1.89. The van der Waals surface area contributed by atoms with Gasteiger partial charge in [-0.3, -0.25) is 4.79 Å². The number of aliphatic hydroxyl groups excluding tert-OH is 1. The van der Waals surface area contributed by atoms with Gasteiger partial charge in [-0.2, -0.15) is 0 Å². The Labute approximate surface area is 135 Å². The molecule has 2 N–H and O–H groups in total. The fourth-order valence-corrected chi connectivity index (χ4v) is 2.96. The monoisotopic (exact) mass is 317 g/mol. The van der Waals surface area contributed by atoms with Crippen molar-refractivity contribution >= 4 is 17.1 Å². The molecule has 2 aromatic heterocycles. The molecule has 1 aliphatic heterocycles. The Kier molecular flexibility index (Phi) is 4.88. The van der Waals surface area contributed by atoms with Gasteiger partial charge in [0.1, 0.15) is 5.52 Å². The molecule has 0 aromatic carbocycles. The van der Waals surface area contributed by atoms with E-state index in [-0.39, 0.29) is 12.5 Å². The van der Waals surface area contributed by atoms with Crippen molar-refractivity contribution in [1.82, 2.24) is 24.8 Å². The number of pyridine rings is 1. The van der Waals surface area contributed by atoms with Crippen LogP contribution >= 0.6 is 0 Å². The molecule has 3 heterocycles. The maximum Gasteiger partial charge on any atom is 0.253 e. The number of rotatable bonds is 5. The predicted octanol–water partition coefficient (Wildman–Crippen LogP) is 0.545. The topological polar surface area (TPSA) is 83.3 Å². The summed E-state index contributed by atoms with van der Waals surface area (Å²) in [6, 6.07) is 1.72. The molecule has 124 valence electrons. The van der Waals surface area contributed by atoms with Crippen molar-refractivity contribution in [2.45, 2.75) is 25.4 Å². The van der Waals surface area contributed by atoms with Crippen LogP contribution in [0.5, 0.6) is 0 Å². The van der Waals surface area contributed by atoms with Crippen LogP contribution in [-0.2, 0) is 7.05 Å². The SMILES string of the molecule is Cn1cnc2cc(C(=O)NCC(O)CN3CCCCC3)cnc21. The van der Waals surface area contributed by atoms with E-state index < -0.39 is 6.10 Å². The van der Waals surface area contributed by atoms with Crippen LogP contribution in [0.4, 0.5) is 0 Å². The van der Waals surface area contributed by atoms with Crippen molar-refractivity contribution in [3.63, 3.8) is 0 Å². The van der Waals surface area contributed by atoms with E-state index in [2.05, 4.69) is 20.2 Å². The van der Waals surface area contributed by atoms with Gasteiger partial charge in [0.25, 0.3) is 5.91 Å². The Hall–Kier alpha value is -1.99. The number of carbonyl (C=O) groups is 1. The number of hydrogen-bond donors (Lipinski definition) is 2. The average molecular weight is 317 g/mol.